The highest BCUT2D eigenvalue weighted by atomic mass is 16.3. The van der Waals surface area contributed by atoms with Crippen LogP contribution in [0.1, 0.15) is 46.5 Å². The summed E-state index contributed by atoms with van der Waals surface area (Å²) in [6.07, 6.45) is 5.03. The molecule has 0 saturated carbocycles. The minimum atomic E-state index is -0.140. The summed E-state index contributed by atoms with van der Waals surface area (Å²) in [5, 5.41) is 12.7. The van der Waals surface area contributed by atoms with E-state index < -0.39 is 0 Å². The highest BCUT2D eigenvalue weighted by molar-refractivity contribution is 4.87. The molecular weight excluding hydrogens is 212 g/mol. The molecule has 3 unspecified atom stereocenters. The van der Waals surface area contributed by atoms with Gasteiger partial charge < -0.3 is 15.3 Å². The summed E-state index contributed by atoms with van der Waals surface area (Å²) in [6.45, 7) is 9.36. The van der Waals surface area contributed by atoms with Crippen molar-refractivity contribution in [1.29, 1.82) is 0 Å². The zero-order valence-corrected chi connectivity index (χ0v) is 12.0. The Morgan fingerprint density at radius 1 is 1.53 bits per heavy atom. The first-order chi connectivity index (χ1) is 8.04. The highest BCUT2D eigenvalue weighted by Crippen LogP contribution is 2.24. The van der Waals surface area contributed by atoms with Gasteiger partial charge in [0.25, 0.3) is 0 Å². The van der Waals surface area contributed by atoms with E-state index in [-0.39, 0.29) is 12.1 Å². The van der Waals surface area contributed by atoms with Crippen LogP contribution in [0.3, 0.4) is 0 Å². The number of likely N-dealkylation sites (tertiary alicyclic amines) is 1. The van der Waals surface area contributed by atoms with Crippen LogP contribution in [0.4, 0.5) is 0 Å². The fraction of sp³-hybridized carbons (Fsp3) is 1.00. The summed E-state index contributed by atoms with van der Waals surface area (Å²) in [7, 11) is 1.94. The monoisotopic (exact) mass is 242 g/mol. The molecule has 1 heterocycles. The summed E-state index contributed by atoms with van der Waals surface area (Å²) in [6, 6.07) is 0.550. The van der Waals surface area contributed by atoms with E-state index in [2.05, 4.69) is 31.0 Å². The average molecular weight is 242 g/mol. The van der Waals surface area contributed by atoms with Gasteiger partial charge in [-0.2, -0.15) is 0 Å². The van der Waals surface area contributed by atoms with Gasteiger partial charge in [-0.05, 0) is 52.6 Å². The number of hydrogen-bond donors (Lipinski definition) is 2. The molecule has 0 bridgehead atoms. The van der Waals surface area contributed by atoms with Crippen molar-refractivity contribution in [3.05, 3.63) is 0 Å². The predicted octanol–water partition coefficient (Wildman–Crippen LogP) is 1.86. The van der Waals surface area contributed by atoms with Crippen molar-refractivity contribution in [1.82, 2.24) is 10.2 Å². The predicted molar refractivity (Wildman–Crippen MR) is 73.2 cm³/mol. The molecule has 1 saturated heterocycles. The van der Waals surface area contributed by atoms with Crippen LogP contribution in [0, 0.1) is 5.92 Å². The molecule has 1 fully saturated rings. The second-order valence-electron chi connectivity index (χ2n) is 5.93. The molecule has 0 aliphatic carbocycles. The summed E-state index contributed by atoms with van der Waals surface area (Å²) in [5.41, 5.74) is -0.140. The third kappa shape index (κ3) is 4.23. The first-order valence-corrected chi connectivity index (χ1v) is 7.08. The largest absolute Gasteiger partial charge is 0.394 e. The second kappa shape index (κ2) is 6.72. The number of likely N-dealkylation sites (N-methyl/N-ethyl adjacent to an activating group) is 1. The maximum absolute atomic E-state index is 9.45. The fourth-order valence-corrected chi connectivity index (χ4v) is 2.86. The maximum Gasteiger partial charge on any atom is 0.0611 e. The quantitative estimate of drug-likeness (QED) is 0.746. The van der Waals surface area contributed by atoms with Gasteiger partial charge in [0.1, 0.15) is 0 Å². The minimum Gasteiger partial charge on any atom is -0.394 e. The lowest BCUT2D eigenvalue weighted by Crippen LogP contribution is -2.50. The molecule has 0 amide bonds. The Morgan fingerprint density at radius 2 is 2.24 bits per heavy atom. The molecule has 0 radical (unpaired) electrons. The number of nitrogens with zero attached hydrogens (tertiary/aromatic N) is 1. The van der Waals surface area contributed by atoms with Gasteiger partial charge in [-0.3, -0.25) is 0 Å². The van der Waals surface area contributed by atoms with Crippen LogP contribution in [0.2, 0.25) is 0 Å². The molecule has 0 aromatic heterocycles. The van der Waals surface area contributed by atoms with Gasteiger partial charge in [-0.1, -0.05) is 13.3 Å². The Balaban J connectivity index is 2.48. The smallest absolute Gasteiger partial charge is 0.0611 e. The van der Waals surface area contributed by atoms with Gasteiger partial charge >= 0.3 is 0 Å². The summed E-state index contributed by atoms with van der Waals surface area (Å²) < 4.78 is 0. The van der Waals surface area contributed by atoms with Crippen molar-refractivity contribution in [3.63, 3.8) is 0 Å². The zero-order chi connectivity index (χ0) is 12.9. The van der Waals surface area contributed by atoms with E-state index in [0.717, 1.165) is 12.3 Å². The molecule has 3 nitrogen and oxygen atoms in total. The van der Waals surface area contributed by atoms with E-state index in [0.29, 0.717) is 6.04 Å². The first-order valence-electron chi connectivity index (χ1n) is 7.08. The van der Waals surface area contributed by atoms with Crippen LogP contribution in [-0.2, 0) is 0 Å². The molecule has 3 heteroatoms. The zero-order valence-electron chi connectivity index (χ0n) is 12.0. The molecule has 0 aromatic rings. The van der Waals surface area contributed by atoms with Gasteiger partial charge in [0, 0.05) is 18.1 Å². The van der Waals surface area contributed by atoms with Crippen molar-refractivity contribution < 1.29 is 5.11 Å². The highest BCUT2D eigenvalue weighted by Gasteiger charge is 2.29. The normalized spacial score (nSPS) is 27.7. The average Bonchev–Trinajstić information content (AvgIpc) is 2.38. The van der Waals surface area contributed by atoms with Crippen LogP contribution >= 0.6 is 0 Å². The first kappa shape index (κ1) is 14.9. The van der Waals surface area contributed by atoms with Gasteiger partial charge in [-0.25, -0.2) is 0 Å². The lowest BCUT2D eigenvalue weighted by atomic mass is 9.90. The van der Waals surface area contributed by atoms with Crippen molar-refractivity contribution in [2.45, 2.75) is 58.0 Å². The Hall–Kier alpha value is -0.120. The third-order valence-corrected chi connectivity index (χ3v) is 4.45. The van der Waals surface area contributed by atoms with E-state index in [1.807, 2.05) is 7.05 Å². The van der Waals surface area contributed by atoms with Crippen LogP contribution < -0.4 is 5.32 Å². The minimum absolute atomic E-state index is 0.140. The van der Waals surface area contributed by atoms with Gasteiger partial charge in [0.05, 0.1) is 6.61 Å². The van der Waals surface area contributed by atoms with Crippen LogP contribution in [-0.4, -0.2) is 48.3 Å². The molecule has 2 N–H and O–H groups in total. The molecule has 0 spiro atoms. The Morgan fingerprint density at radius 3 is 2.76 bits per heavy atom. The van der Waals surface area contributed by atoms with Crippen LogP contribution in [0.25, 0.3) is 0 Å². The Bertz CT molecular complexity index is 216. The van der Waals surface area contributed by atoms with Gasteiger partial charge in [0.2, 0.25) is 0 Å². The molecular formula is C14H30N2O. The SMILES string of the molecule is CCC1CCCN(C(C)CC(C)(CO)NC)C1. The van der Waals surface area contributed by atoms with E-state index >= 15 is 0 Å². The second-order valence-corrected chi connectivity index (χ2v) is 5.93. The summed E-state index contributed by atoms with van der Waals surface area (Å²) >= 11 is 0. The molecule has 102 valence electrons. The lowest BCUT2D eigenvalue weighted by molar-refractivity contribution is 0.0865. The van der Waals surface area contributed by atoms with Crippen molar-refractivity contribution >= 4 is 0 Å². The van der Waals surface area contributed by atoms with Crippen molar-refractivity contribution in [2.24, 2.45) is 5.92 Å². The lowest BCUT2D eigenvalue weighted by Gasteiger charge is -2.40. The Kier molecular flexibility index (Phi) is 5.90. The van der Waals surface area contributed by atoms with E-state index in [4.69, 9.17) is 0 Å². The molecule has 1 aliphatic rings. The molecule has 3 atom stereocenters. The summed E-state index contributed by atoms with van der Waals surface area (Å²) in [5.74, 6) is 0.876. The number of nitrogens with one attached hydrogen (secondary N) is 1. The van der Waals surface area contributed by atoms with Gasteiger partial charge in [0.15, 0.2) is 0 Å². The van der Waals surface area contributed by atoms with E-state index in [1.54, 1.807) is 0 Å². The van der Waals surface area contributed by atoms with Crippen molar-refractivity contribution in [3.8, 4) is 0 Å². The Labute approximate surface area is 107 Å². The van der Waals surface area contributed by atoms with E-state index in [1.165, 1.54) is 32.4 Å². The maximum atomic E-state index is 9.45. The number of aliphatic hydroxyl groups is 1. The molecule has 0 aromatic carbocycles. The number of aliphatic hydroxyl groups excluding tert-OH is 1. The van der Waals surface area contributed by atoms with Gasteiger partial charge in [-0.15, -0.1) is 0 Å². The molecule has 1 rings (SSSR count). The van der Waals surface area contributed by atoms with E-state index in [9.17, 15) is 5.11 Å². The topological polar surface area (TPSA) is 35.5 Å². The number of hydrogen-bond acceptors (Lipinski definition) is 3. The van der Waals surface area contributed by atoms with Crippen LogP contribution in [0.5, 0.6) is 0 Å². The summed E-state index contributed by atoms with van der Waals surface area (Å²) in [4.78, 5) is 2.60. The molecule has 17 heavy (non-hydrogen) atoms. The molecule has 1 aliphatic heterocycles. The van der Waals surface area contributed by atoms with Crippen molar-refractivity contribution in [2.75, 3.05) is 26.7 Å². The number of piperidine rings is 1. The third-order valence-electron chi connectivity index (χ3n) is 4.45. The fourth-order valence-electron chi connectivity index (χ4n) is 2.86. The number of rotatable bonds is 6. The standard InChI is InChI=1S/C14H30N2O/c1-5-13-7-6-8-16(10-13)12(2)9-14(3,11-17)15-4/h12-13,15,17H,5-11H2,1-4H3. The van der Waals surface area contributed by atoms with Crippen LogP contribution in [0.15, 0.2) is 0 Å².